The van der Waals surface area contributed by atoms with Gasteiger partial charge in [-0.2, -0.15) is 18.4 Å². The molecule has 254 valence electrons. The lowest BCUT2D eigenvalue weighted by molar-refractivity contribution is -0.137. The van der Waals surface area contributed by atoms with E-state index in [0.717, 1.165) is 22.6 Å². The standard InChI is InChI=1S/C34H42F3N5O4S/c1-9-23-16-26(12-13-28(23)45-15-14-39-19-21(2)40(22(3)20-39)31(44)46-32(4,5)6)42-30(47)41(29(43)33(42,7)8)25-11-10-24(18-38)27(17-25)34(35,36)37/h10-13,16-17,21-22H,9,14-15,19-20H2,1-8H3/t21-,22-/m1/s1. The molecule has 2 heterocycles. The number of halogens is 3. The number of hydrogen-bond acceptors (Lipinski definition) is 7. The molecule has 2 amide bonds. The van der Waals surface area contributed by atoms with E-state index in [1.807, 2.05) is 53.7 Å². The van der Waals surface area contributed by atoms with Crippen LogP contribution in [0.25, 0.3) is 0 Å². The van der Waals surface area contributed by atoms with E-state index in [1.165, 1.54) is 6.07 Å². The van der Waals surface area contributed by atoms with E-state index in [1.54, 1.807) is 35.8 Å². The van der Waals surface area contributed by atoms with Crippen molar-refractivity contribution in [3.63, 3.8) is 0 Å². The molecule has 47 heavy (non-hydrogen) atoms. The molecule has 0 saturated carbocycles. The molecule has 2 fully saturated rings. The van der Waals surface area contributed by atoms with Crippen LogP contribution in [0.1, 0.15) is 72.1 Å². The van der Waals surface area contributed by atoms with Gasteiger partial charge in [-0.05, 0) is 109 Å². The topological polar surface area (TPSA) is 89.4 Å². The summed E-state index contributed by atoms with van der Waals surface area (Å²) in [6.07, 6.45) is -4.47. The smallest absolute Gasteiger partial charge is 0.417 e. The Kier molecular flexibility index (Phi) is 10.2. The van der Waals surface area contributed by atoms with Gasteiger partial charge in [-0.25, -0.2) is 4.79 Å². The number of anilines is 2. The number of nitrogens with zero attached hydrogens (tertiary/aromatic N) is 5. The second kappa shape index (κ2) is 13.3. The van der Waals surface area contributed by atoms with Crippen LogP contribution in [0, 0.1) is 11.3 Å². The number of piperazine rings is 1. The van der Waals surface area contributed by atoms with Gasteiger partial charge in [0, 0.05) is 37.4 Å². The predicted octanol–water partition coefficient (Wildman–Crippen LogP) is 6.76. The van der Waals surface area contributed by atoms with Crippen LogP contribution in [0.2, 0.25) is 0 Å². The fourth-order valence-electron chi connectivity index (χ4n) is 6.16. The molecule has 0 spiro atoms. The highest BCUT2D eigenvalue weighted by Gasteiger charge is 2.51. The van der Waals surface area contributed by atoms with E-state index >= 15 is 0 Å². The molecule has 2 saturated heterocycles. The van der Waals surface area contributed by atoms with Crippen LogP contribution in [-0.4, -0.2) is 76.4 Å². The zero-order valence-electron chi connectivity index (χ0n) is 28.1. The Morgan fingerprint density at radius 3 is 2.23 bits per heavy atom. The number of nitriles is 1. The Balaban J connectivity index is 1.47. The molecule has 4 rings (SSSR count). The van der Waals surface area contributed by atoms with Crippen molar-refractivity contribution in [2.24, 2.45) is 0 Å². The fourth-order valence-corrected chi connectivity index (χ4v) is 6.68. The zero-order chi connectivity index (χ0) is 35.1. The summed E-state index contributed by atoms with van der Waals surface area (Å²) in [6.45, 7) is 17.3. The van der Waals surface area contributed by atoms with E-state index in [2.05, 4.69) is 4.90 Å². The number of benzene rings is 2. The highest BCUT2D eigenvalue weighted by molar-refractivity contribution is 7.81. The second-order valence-electron chi connectivity index (χ2n) is 13.5. The first-order valence-electron chi connectivity index (χ1n) is 15.6. The second-order valence-corrected chi connectivity index (χ2v) is 13.9. The van der Waals surface area contributed by atoms with Crippen molar-refractivity contribution >= 4 is 40.7 Å². The number of alkyl halides is 3. The maximum Gasteiger partial charge on any atom is 0.417 e. The van der Waals surface area contributed by atoms with Crippen molar-refractivity contribution in [2.75, 3.05) is 36.0 Å². The van der Waals surface area contributed by atoms with E-state index in [4.69, 9.17) is 21.7 Å². The number of ether oxygens (including phenoxy) is 2. The third kappa shape index (κ3) is 7.49. The molecule has 9 nitrogen and oxygen atoms in total. The summed E-state index contributed by atoms with van der Waals surface area (Å²) in [4.78, 5) is 33.1. The van der Waals surface area contributed by atoms with Gasteiger partial charge < -0.3 is 19.3 Å². The molecule has 2 aromatic carbocycles. The molecule has 2 aromatic rings. The molecule has 13 heteroatoms. The van der Waals surface area contributed by atoms with E-state index in [0.29, 0.717) is 44.1 Å². The molecule has 2 aliphatic rings. The third-order valence-electron chi connectivity index (χ3n) is 8.30. The van der Waals surface area contributed by atoms with Gasteiger partial charge in [-0.3, -0.25) is 14.6 Å². The lowest BCUT2D eigenvalue weighted by Crippen LogP contribution is -2.59. The fraction of sp³-hybridized carbons (Fsp3) is 0.529. The van der Waals surface area contributed by atoms with Crippen molar-refractivity contribution in [1.29, 1.82) is 5.26 Å². The minimum absolute atomic E-state index is 0.0293. The monoisotopic (exact) mass is 673 g/mol. The van der Waals surface area contributed by atoms with E-state index in [9.17, 15) is 28.0 Å². The van der Waals surface area contributed by atoms with Crippen LogP contribution < -0.4 is 14.5 Å². The van der Waals surface area contributed by atoms with Crippen LogP contribution in [-0.2, 0) is 22.1 Å². The molecule has 2 atom stereocenters. The van der Waals surface area contributed by atoms with Crippen molar-refractivity contribution in [1.82, 2.24) is 9.80 Å². The summed E-state index contributed by atoms with van der Waals surface area (Å²) >= 11 is 5.69. The zero-order valence-corrected chi connectivity index (χ0v) is 28.9. The third-order valence-corrected chi connectivity index (χ3v) is 8.67. The Morgan fingerprint density at radius 1 is 1.06 bits per heavy atom. The SMILES string of the molecule is CCc1cc(N2C(=S)N(c3ccc(C#N)c(C(F)(F)F)c3)C(=O)C2(C)C)ccc1OCCN1C[C@@H](C)N(C(=O)OC(C)(C)C)[C@H](C)C1. The van der Waals surface area contributed by atoms with Crippen LogP contribution >= 0.6 is 12.2 Å². The first-order valence-corrected chi connectivity index (χ1v) is 16.0. The number of carbonyl (C=O) groups excluding carboxylic acids is 2. The number of thiocarbonyl (C=S) groups is 1. The van der Waals surface area contributed by atoms with Crippen LogP contribution in [0.15, 0.2) is 36.4 Å². The highest BCUT2D eigenvalue weighted by Crippen LogP contribution is 2.40. The van der Waals surface area contributed by atoms with E-state index < -0.39 is 34.4 Å². The summed E-state index contributed by atoms with van der Waals surface area (Å²) in [5, 5.41) is 9.22. The van der Waals surface area contributed by atoms with Gasteiger partial charge in [-0.1, -0.05) is 6.92 Å². The van der Waals surface area contributed by atoms with Gasteiger partial charge in [0.05, 0.1) is 22.9 Å². The summed E-state index contributed by atoms with van der Waals surface area (Å²) in [5.74, 6) is 0.187. The molecule has 0 N–H and O–H groups in total. The van der Waals surface area contributed by atoms with Gasteiger partial charge in [-0.15, -0.1) is 0 Å². The number of carbonyl (C=O) groups is 2. The minimum Gasteiger partial charge on any atom is -0.492 e. The number of hydrogen-bond donors (Lipinski definition) is 0. The summed E-state index contributed by atoms with van der Waals surface area (Å²) in [6, 6.07) is 10.1. The van der Waals surface area contributed by atoms with Gasteiger partial charge in [0.1, 0.15) is 23.5 Å². The largest absolute Gasteiger partial charge is 0.492 e. The maximum atomic E-state index is 13.7. The molecule has 0 bridgehead atoms. The first-order chi connectivity index (χ1) is 21.8. The molecule has 0 aliphatic carbocycles. The molecule has 2 aliphatic heterocycles. The number of rotatable bonds is 7. The molecule has 0 unspecified atom stereocenters. The van der Waals surface area contributed by atoms with Gasteiger partial charge in [0.15, 0.2) is 5.11 Å². The van der Waals surface area contributed by atoms with Crippen molar-refractivity contribution in [3.8, 4) is 11.8 Å². The average molecular weight is 674 g/mol. The Bertz CT molecular complexity index is 1570. The molecule has 0 radical (unpaired) electrons. The van der Waals surface area contributed by atoms with Gasteiger partial charge in [0.25, 0.3) is 5.91 Å². The lowest BCUT2D eigenvalue weighted by Gasteiger charge is -2.44. The Hall–Kier alpha value is -3.89. The van der Waals surface area contributed by atoms with Crippen molar-refractivity contribution in [3.05, 3.63) is 53.1 Å². The molecular formula is C34H42F3N5O4S. The van der Waals surface area contributed by atoms with Gasteiger partial charge in [0.2, 0.25) is 0 Å². The molecular weight excluding hydrogens is 631 g/mol. The molecule has 0 aromatic heterocycles. The van der Waals surface area contributed by atoms with Crippen molar-refractivity contribution < 1.29 is 32.2 Å². The summed E-state index contributed by atoms with van der Waals surface area (Å²) < 4.78 is 52.9. The first kappa shape index (κ1) is 36.0. The van der Waals surface area contributed by atoms with Crippen molar-refractivity contribution in [2.45, 2.75) is 91.2 Å². The summed E-state index contributed by atoms with van der Waals surface area (Å²) in [7, 11) is 0. The number of aryl methyl sites for hydroxylation is 1. The normalized spacial score (nSPS) is 20.4. The van der Waals surface area contributed by atoms with E-state index in [-0.39, 0.29) is 29.0 Å². The van der Waals surface area contributed by atoms with Crippen LogP contribution in [0.5, 0.6) is 5.75 Å². The number of amides is 2. The van der Waals surface area contributed by atoms with Crippen LogP contribution in [0.3, 0.4) is 0 Å². The Morgan fingerprint density at radius 2 is 1.68 bits per heavy atom. The lowest BCUT2D eigenvalue weighted by atomic mass is 10.0. The van der Waals surface area contributed by atoms with Gasteiger partial charge >= 0.3 is 12.3 Å². The quantitative estimate of drug-likeness (QED) is 0.298. The summed E-state index contributed by atoms with van der Waals surface area (Å²) in [5.41, 5.74) is -2.02. The maximum absolute atomic E-state index is 13.7. The Labute approximate surface area is 279 Å². The van der Waals surface area contributed by atoms with Crippen LogP contribution in [0.4, 0.5) is 29.3 Å². The average Bonchev–Trinajstić information content (AvgIpc) is 3.13. The minimum atomic E-state index is -4.78. The predicted molar refractivity (Wildman–Crippen MR) is 178 cm³/mol. The highest BCUT2D eigenvalue weighted by atomic mass is 32.1.